The Morgan fingerprint density at radius 1 is 0.792 bits per heavy atom. The first-order valence-corrected chi connectivity index (χ1v) is 16.1. The molecule has 0 unspecified atom stereocenters. The van der Waals surface area contributed by atoms with Crippen LogP contribution in [0.25, 0.3) is 21.8 Å². The summed E-state index contributed by atoms with van der Waals surface area (Å²) in [6, 6.07) is 15.1. The number of H-pyrrole nitrogens is 1. The van der Waals surface area contributed by atoms with E-state index in [0.717, 1.165) is 83.0 Å². The van der Waals surface area contributed by atoms with Gasteiger partial charge in [0.2, 0.25) is 0 Å². The van der Waals surface area contributed by atoms with Crippen LogP contribution in [-0.2, 0) is 39.8 Å². The number of nitrogen functional groups attached to an aromatic ring is 2. The van der Waals surface area contributed by atoms with Crippen LogP contribution >= 0.6 is 0 Å². The van der Waals surface area contributed by atoms with E-state index in [-0.39, 0.29) is 13.3 Å². The van der Waals surface area contributed by atoms with Crippen LogP contribution in [0.5, 0.6) is 0 Å². The molecule has 0 fully saturated rings. The van der Waals surface area contributed by atoms with E-state index in [9.17, 15) is 9.59 Å². The average molecular weight is 651 g/mol. The number of carbonyl (C=O) groups excluding carboxylic acids is 1. The number of fused-ring (bicyclic) bond motifs is 4. The largest absolute Gasteiger partial charge is 0.478 e. The van der Waals surface area contributed by atoms with Gasteiger partial charge in [0.15, 0.2) is 0 Å². The Morgan fingerprint density at radius 3 is 1.92 bits per heavy atom. The molecule has 6 aromatic rings. The molecule has 0 atom stereocenters. The molecule has 6 N–H and O–H groups in total. The van der Waals surface area contributed by atoms with Gasteiger partial charge in [-0.1, -0.05) is 19.6 Å². The van der Waals surface area contributed by atoms with Crippen LogP contribution in [0.15, 0.2) is 48.5 Å². The number of nitrogens with zero attached hydrogens (tertiary/aromatic N) is 5. The fraction of sp³-hybridized carbons (Fsp3) is 0.351. The Kier molecular flexibility index (Phi) is 9.79. The summed E-state index contributed by atoms with van der Waals surface area (Å²) in [6.07, 6.45) is 8.83. The number of aryl methyl sites for hydroxylation is 6. The number of aromatic amines is 1. The van der Waals surface area contributed by atoms with Crippen molar-refractivity contribution in [2.24, 2.45) is 14.1 Å². The van der Waals surface area contributed by atoms with Crippen molar-refractivity contribution in [3.05, 3.63) is 93.6 Å². The molecule has 0 radical (unpaired) electrons. The second-order valence-corrected chi connectivity index (χ2v) is 12.5. The molecule has 11 nitrogen and oxygen atoms in total. The van der Waals surface area contributed by atoms with Gasteiger partial charge in [-0.3, -0.25) is 9.89 Å². The summed E-state index contributed by atoms with van der Waals surface area (Å²) >= 11 is 0. The summed E-state index contributed by atoms with van der Waals surface area (Å²) in [4.78, 5) is 24.0. The van der Waals surface area contributed by atoms with E-state index in [0.29, 0.717) is 22.8 Å². The summed E-state index contributed by atoms with van der Waals surface area (Å²) in [7, 11) is 3.94. The number of carbonyl (C=O) groups is 2. The summed E-state index contributed by atoms with van der Waals surface area (Å²) in [5.41, 5.74) is 21.6. The van der Waals surface area contributed by atoms with Crippen LogP contribution in [0.3, 0.4) is 0 Å². The Labute approximate surface area is 280 Å². The normalized spacial score (nSPS) is 13.4. The summed E-state index contributed by atoms with van der Waals surface area (Å²) in [5.74, 6) is 0.193. The number of hydrogen-bond acceptors (Lipinski definition) is 6. The maximum Gasteiger partial charge on any atom is 0.336 e. The van der Waals surface area contributed by atoms with Gasteiger partial charge in [-0.2, -0.15) is 14.9 Å². The number of anilines is 2. The number of aromatic carboxylic acids is 1. The van der Waals surface area contributed by atoms with E-state index < -0.39 is 5.97 Å². The molecule has 48 heavy (non-hydrogen) atoms. The minimum absolute atomic E-state index is 0. The minimum Gasteiger partial charge on any atom is -0.478 e. The number of nitrogens with two attached hydrogens (primary N) is 2. The van der Waals surface area contributed by atoms with Gasteiger partial charge >= 0.3 is 5.97 Å². The highest BCUT2D eigenvalue weighted by molar-refractivity contribution is 6.08. The van der Waals surface area contributed by atoms with Crippen molar-refractivity contribution < 1.29 is 14.7 Å². The number of rotatable bonds is 2. The number of hydrogen-bond donors (Lipinski definition) is 4. The third kappa shape index (κ3) is 6.20. The van der Waals surface area contributed by atoms with Gasteiger partial charge in [-0.25, -0.2) is 4.79 Å². The van der Waals surface area contributed by atoms with E-state index in [1.54, 1.807) is 12.1 Å². The Bertz CT molecular complexity index is 2130. The van der Waals surface area contributed by atoms with E-state index in [1.165, 1.54) is 28.8 Å². The highest BCUT2D eigenvalue weighted by Gasteiger charge is 2.24. The lowest BCUT2D eigenvalue weighted by Crippen LogP contribution is -2.16. The van der Waals surface area contributed by atoms with Crippen molar-refractivity contribution >= 4 is 45.3 Å². The van der Waals surface area contributed by atoms with Gasteiger partial charge in [0, 0.05) is 64.1 Å². The topological polar surface area (TPSA) is 163 Å². The van der Waals surface area contributed by atoms with Crippen molar-refractivity contribution in [3.63, 3.8) is 0 Å². The second-order valence-electron chi connectivity index (χ2n) is 12.5. The molecule has 252 valence electrons. The lowest BCUT2D eigenvalue weighted by atomic mass is 9.98. The van der Waals surface area contributed by atoms with Gasteiger partial charge in [-0.05, 0) is 102 Å². The van der Waals surface area contributed by atoms with Crippen molar-refractivity contribution in [2.45, 2.75) is 72.6 Å². The number of aromatic nitrogens is 6. The molecule has 2 aliphatic rings. The quantitative estimate of drug-likeness (QED) is 0.166. The molecule has 0 saturated heterocycles. The molecule has 11 heteroatoms. The summed E-state index contributed by atoms with van der Waals surface area (Å²) < 4.78 is 5.47. The molecular weight excluding hydrogens is 604 g/mol. The van der Waals surface area contributed by atoms with E-state index in [2.05, 4.69) is 19.9 Å². The zero-order chi connectivity index (χ0) is 33.4. The molecule has 4 heterocycles. The first-order valence-electron chi connectivity index (χ1n) is 16.1. The molecule has 0 bridgehead atoms. The molecule has 0 saturated carbocycles. The molecule has 8 rings (SSSR count). The number of carboxylic acid groups (broad SMARTS) is 1. The van der Waals surface area contributed by atoms with E-state index in [4.69, 9.17) is 16.6 Å². The fourth-order valence-electron chi connectivity index (χ4n) is 6.71. The third-order valence-corrected chi connectivity index (χ3v) is 9.59. The Hall–Kier alpha value is -5.32. The predicted octanol–water partition coefficient (Wildman–Crippen LogP) is 6.52. The van der Waals surface area contributed by atoms with Crippen LogP contribution in [0.4, 0.5) is 11.6 Å². The standard InChI is InChI=1S/C18H20N4O.C11H11NO2.C7H11N3.CH4/c1-11-10-14-12(7-5-9-16(14)21(11)2)18(23)22-17(19)13-6-3-4-8-15(13)20-22;1-7-6-9-8(11(13)14)4-3-5-10(9)12(7)2;8-7-5-3-1-2-4-6(5)9-10-7;/h5,7,9-10H,3-4,6,8,19H2,1-2H3;3-6H,1-2H3,(H,13,14);1-4H2,(H3,8,9,10);1H4. The van der Waals surface area contributed by atoms with Gasteiger partial charge in [0.05, 0.1) is 16.8 Å². The molecule has 2 aliphatic carbocycles. The highest BCUT2D eigenvalue weighted by Crippen LogP contribution is 2.29. The van der Waals surface area contributed by atoms with Crippen molar-refractivity contribution in [1.82, 2.24) is 29.1 Å². The van der Waals surface area contributed by atoms with Crippen LogP contribution in [0.1, 0.15) is 87.7 Å². The maximum absolute atomic E-state index is 13.0. The zero-order valence-electron chi connectivity index (χ0n) is 27.4. The van der Waals surface area contributed by atoms with E-state index in [1.807, 2.05) is 68.9 Å². The van der Waals surface area contributed by atoms with Crippen molar-refractivity contribution in [3.8, 4) is 0 Å². The molecule has 2 aromatic carbocycles. The van der Waals surface area contributed by atoms with Gasteiger partial charge in [0.25, 0.3) is 5.91 Å². The lowest BCUT2D eigenvalue weighted by Gasteiger charge is -2.08. The molecule has 0 spiro atoms. The minimum atomic E-state index is -0.874. The van der Waals surface area contributed by atoms with Crippen LogP contribution in [0.2, 0.25) is 0 Å². The smallest absolute Gasteiger partial charge is 0.336 e. The highest BCUT2D eigenvalue weighted by atomic mass is 16.4. The number of nitrogens with one attached hydrogen (secondary N) is 1. The zero-order valence-corrected chi connectivity index (χ0v) is 27.4. The van der Waals surface area contributed by atoms with Crippen LogP contribution in [0, 0.1) is 13.8 Å². The van der Waals surface area contributed by atoms with Crippen LogP contribution in [-0.4, -0.2) is 46.1 Å². The van der Waals surface area contributed by atoms with Gasteiger partial charge in [0.1, 0.15) is 11.6 Å². The van der Waals surface area contributed by atoms with E-state index >= 15 is 0 Å². The summed E-state index contributed by atoms with van der Waals surface area (Å²) in [5, 5.41) is 22.1. The Morgan fingerprint density at radius 2 is 1.33 bits per heavy atom. The predicted molar refractivity (Wildman–Crippen MR) is 192 cm³/mol. The third-order valence-electron chi connectivity index (χ3n) is 9.59. The molecule has 0 amide bonds. The molecule has 0 aliphatic heterocycles. The monoisotopic (exact) mass is 650 g/mol. The second kappa shape index (κ2) is 13.8. The van der Waals surface area contributed by atoms with Gasteiger partial charge < -0.3 is 25.7 Å². The van der Waals surface area contributed by atoms with Gasteiger partial charge in [-0.15, -0.1) is 0 Å². The SMILES string of the molecule is C.Cc1cc2c(C(=O)O)cccc2n1C.Cc1cc2c(C(=O)n3nc4c(c3N)CCCC4)cccc2n1C.Nc1n[nH]c2c1CCCC2. The fourth-order valence-corrected chi connectivity index (χ4v) is 6.71. The molecule has 4 aromatic heterocycles. The molecular formula is C37H46N8O3. The average Bonchev–Trinajstić information content (AvgIpc) is 3.80. The Balaban J connectivity index is 0.000000153. The summed E-state index contributed by atoms with van der Waals surface area (Å²) in [6.45, 7) is 4.00. The number of carboxylic acids is 1. The number of benzene rings is 2. The van der Waals surface area contributed by atoms with Crippen molar-refractivity contribution in [2.75, 3.05) is 11.5 Å². The first kappa shape index (κ1) is 34.0. The van der Waals surface area contributed by atoms with Crippen molar-refractivity contribution in [1.29, 1.82) is 0 Å². The lowest BCUT2D eigenvalue weighted by molar-refractivity contribution is 0.0698. The van der Waals surface area contributed by atoms with Crippen LogP contribution < -0.4 is 11.5 Å². The maximum atomic E-state index is 13.0. The first-order chi connectivity index (χ1) is 22.6.